The Morgan fingerprint density at radius 1 is 1.50 bits per heavy atom. The molecule has 0 heterocycles. The number of carboxylic acids is 1. The Morgan fingerprint density at radius 2 is 2.19 bits per heavy atom. The van der Waals surface area contributed by atoms with E-state index in [2.05, 4.69) is 5.32 Å². The van der Waals surface area contributed by atoms with E-state index in [-0.39, 0.29) is 12.0 Å². The van der Waals surface area contributed by atoms with Crippen molar-refractivity contribution in [1.29, 1.82) is 0 Å². The normalized spacial score (nSPS) is 11.9. The summed E-state index contributed by atoms with van der Waals surface area (Å²) in [7, 11) is 0. The second kappa shape index (κ2) is 5.20. The Labute approximate surface area is 89.9 Å². The SMILES string of the molecule is O=CNC(CC(=O)O)c1cccc(F)c1F. The molecule has 0 saturated carbocycles. The Morgan fingerprint density at radius 3 is 2.75 bits per heavy atom. The maximum absolute atomic E-state index is 13.3. The molecule has 2 N–H and O–H groups in total. The molecule has 86 valence electrons. The van der Waals surface area contributed by atoms with E-state index < -0.39 is 30.1 Å². The topological polar surface area (TPSA) is 66.4 Å². The Hall–Kier alpha value is -1.98. The van der Waals surface area contributed by atoms with E-state index >= 15 is 0 Å². The van der Waals surface area contributed by atoms with Crippen LogP contribution < -0.4 is 5.32 Å². The third-order valence-electron chi connectivity index (χ3n) is 2.00. The van der Waals surface area contributed by atoms with Crippen molar-refractivity contribution < 1.29 is 23.5 Å². The van der Waals surface area contributed by atoms with E-state index in [1.54, 1.807) is 0 Å². The molecule has 1 unspecified atom stereocenters. The number of aliphatic carboxylic acids is 1. The number of benzene rings is 1. The predicted octanol–water partition coefficient (Wildman–Crippen LogP) is 1.23. The summed E-state index contributed by atoms with van der Waals surface area (Å²) in [5.41, 5.74) is -0.186. The zero-order valence-corrected chi connectivity index (χ0v) is 8.11. The third-order valence-corrected chi connectivity index (χ3v) is 2.00. The first-order valence-corrected chi connectivity index (χ1v) is 4.41. The zero-order valence-electron chi connectivity index (χ0n) is 8.11. The number of hydrogen-bond acceptors (Lipinski definition) is 2. The van der Waals surface area contributed by atoms with E-state index in [4.69, 9.17) is 5.11 Å². The van der Waals surface area contributed by atoms with Gasteiger partial charge in [-0.3, -0.25) is 9.59 Å². The first-order chi connectivity index (χ1) is 7.56. The van der Waals surface area contributed by atoms with Gasteiger partial charge in [-0.05, 0) is 6.07 Å². The molecule has 0 aliphatic carbocycles. The number of hydrogen-bond donors (Lipinski definition) is 2. The molecule has 4 nitrogen and oxygen atoms in total. The smallest absolute Gasteiger partial charge is 0.305 e. The lowest BCUT2D eigenvalue weighted by molar-refractivity contribution is -0.137. The lowest BCUT2D eigenvalue weighted by atomic mass is 10.0. The number of amides is 1. The van der Waals surface area contributed by atoms with Crippen molar-refractivity contribution in [3.8, 4) is 0 Å². The summed E-state index contributed by atoms with van der Waals surface area (Å²) in [4.78, 5) is 20.7. The fourth-order valence-electron chi connectivity index (χ4n) is 1.31. The lowest BCUT2D eigenvalue weighted by Crippen LogP contribution is -2.23. The van der Waals surface area contributed by atoms with Crippen molar-refractivity contribution in [2.75, 3.05) is 0 Å². The van der Waals surface area contributed by atoms with Crippen molar-refractivity contribution in [3.63, 3.8) is 0 Å². The molecule has 0 radical (unpaired) electrons. The first kappa shape index (κ1) is 12.1. The second-order valence-electron chi connectivity index (χ2n) is 3.08. The van der Waals surface area contributed by atoms with Crippen LogP contribution in [-0.4, -0.2) is 17.5 Å². The summed E-state index contributed by atoms with van der Waals surface area (Å²) >= 11 is 0. The molecule has 0 aliphatic heterocycles. The van der Waals surface area contributed by atoms with Crippen molar-refractivity contribution in [2.45, 2.75) is 12.5 Å². The molecule has 16 heavy (non-hydrogen) atoms. The minimum Gasteiger partial charge on any atom is -0.481 e. The summed E-state index contributed by atoms with van der Waals surface area (Å²) in [5.74, 6) is -3.45. The van der Waals surface area contributed by atoms with Crippen LogP contribution in [0.1, 0.15) is 18.0 Å². The number of carbonyl (C=O) groups excluding carboxylic acids is 1. The number of halogens is 2. The van der Waals surface area contributed by atoms with E-state index in [0.717, 1.165) is 6.07 Å². The Bertz CT molecular complexity index is 409. The molecule has 0 fully saturated rings. The predicted molar refractivity (Wildman–Crippen MR) is 50.6 cm³/mol. The van der Waals surface area contributed by atoms with Crippen LogP contribution in [-0.2, 0) is 9.59 Å². The van der Waals surface area contributed by atoms with Gasteiger partial charge < -0.3 is 10.4 Å². The Kier molecular flexibility index (Phi) is 3.93. The fraction of sp³-hybridized carbons (Fsp3) is 0.200. The molecule has 0 aliphatic rings. The summed E-state index contributed by atoms with van der Waals surface area (Å²) in [5, 5.41) is 10.7. The number of nitrogens with one attached hydrogen (secondary N) is 1. The molecule has 0 saturated heterocycles. The molecule has 0 aromatic heterocycles. The molecular formula is C10H9F2NO3. The summed E-state index contributed by atoms with van der Waals surface area (Å²) in [6.45, 7) is 0. The van der Waals surface area contributed by atoms with Crippen LogP contribution in [0.4, 0.5) is 8.78 Å². The van der Waals surface area contributed by atoms with Gasteiger partial charge in [-0.1, -0.05) is 12.1 Å². The van der Waals surface area contributed by atoms with Gasteiger partial charge in [-0.2, -0.15) is 0 Å². The van der Waals surface area contributed by atoms with Gasteiger partial charge in [0.05, 0.1) is 12.5 Å². The van der Waals surface area contributed by atoms with Crippen LogP contribution in [0.15, 0.2) is 18.2 Å². The first-order valence-electron chi connectivity index (χ1n) is 4.41. The van der Waals surface area contributed by atoms with Crippen molar-refractivity contribution in [2.24, 2.45) is 0 Å². The largest absolute Gasteiger partial charge is 0.481 e. The van der Waals surface area contributed by atoms with Crippen LogP contribution in [0, 0.1) is 11.6 Å². The van der Waals surface area contributed by atoms with Crippen LogP contribution >= 0.6 is 0 Å². The maximum atomic E-state index is 13.3. The van der Waals surface area contributed by atoms with E-state index in [0.29, 0.717) is 0 Å². The standard InChI is InChI=1S/C10H9F2NO3/c11-7-3-1-2-6(10(7)12)8(13-5-14)4-9(15)16/h1-3,5,8H,4H2,(H,13,14)(H,15,16). The number of carbonyl (C=O) groups is 2. The molecule has 0 bridgehead atoms. The molecule has 1 aromatic rings. The minimum atomic E-state index is -1.22. The molecule has 1 atom stereocenters. The van der Waals surface area contributed by atoms with Gasteiger partial charge in [0, 0.05) is 5.56 Å². The van der Waals surface area contributed by atoms with Gasteiger partial charge in [0.2, 0.25) is 6.41 Å². The Balaban J connectivity index is 3.04. The fourth-order valence-corrected chi connectivity index (χ4v) is 1.31. The average Bonchev–Trinajstić information content (AvgIpc) is 2.21. The molecule has 1 aromatic carbocycles. The van der Waals surface area contributed by atoms with E-state index in [1.807, 2.05) is 0 Å². The monoisotopic (exact) mass is 229 g/mol. The quantitative estimate of drug-likeness (QED) is 0.746. The van der Waals surface area contributed by atoms with Gasteiger partial charge in [0.1, 0.15) is 0 Å². The third kappa shape index (κ3) is 2.75. The summed E-state index contributed by atoms with van der Waals surface area (Å²) in [6, 6.07) is 2.31. The second-order valence-corrected chi connectivity index (χ2v) is 3.08. The van der Waals surface area contributed by atoms with Gasteiger partial charge in [0.15, 0.2) is 11.6 Å². The molecule has 1 rings (SSSR count). The minimum absolute atomic E-state index is 0.186. The molecule has 1 amide bonds. The van der Waals surface area contributed by atoms with Gasteiger partial charge in [0.25, 0.3) is 0 Å². The van der Waals surface area contributed by atoms with Crippen molar-refractivity contribution >= 4 is 12.4 Å². The van der Waals surface area contributed by atoms with Crippen LogP contribution in [0.2, 0.25) is 0 Å². The number of rotatable bonds is 5. The lowest BCUT2D eigenvalue weighted by Gasteiger charge is -2.15. The zero-order chi connectivity index (χ0) is 12.1. The van der Waals surface area contributed by atoms with Crippen molar-refractivity contribution in [1.82, 2.24) is 5.32 Å². The summed E-state index contributed by atoms with van der Waals surface area (Å²) in [6.07, 6.45) is -0.267. The molecule has 0 spiro atoms. The van der Waals surface area contributed by atoms with Crippen LogP contribution in [0.5, 0.6) is 0 Å². The van der Waals surface area contributed by atoms with Gasteiger partial charge >= 0.3 is 5.97 Å². The number of carboxylic acid groups (broad SMARTS) is 1. The molecular weight excluding hydrogens is 220 g/mol. The highest BCUT2D eigenvalue weighted by molar-refractivity contribution is 5.68. The van der Waals surface area contributed by atoms with Crippen molar-refractivity contribution in [3.05, 3.63) is 35.4 Å². The highest BCUT2D eigenvalue weighted by atomic mass is 19.2. The van der Waals surface area contributed by atoms with Gasteiger partial charge in [-0.15, -0.1) is 0 Å². The van der Waals surface area contributed by atoms with Gasteiger partial charge in [-0.25, -0.2) is 8.78 Å². The highest BCUT2D eigenvalue weighted by Crippen LogP contribution is 2.21. The van der Waals surface area contributed by atoms with E-state index in [1.165, 1.54) is 12.1 Å². The molecule has 6 heteroatoms. The highest BCUT2D eigenvalue weighted by Gasteiger charge is 2.20. The van der Waals surface area contributed by atoms with Crippen LogP contribution in [0.25, 0.3) is 0 Å². The average molecular weight is 229 g/mol. The van der Waals surface area contributed by atoms with E-state index in [9.17, 15) is 18.4 Å². The maximum Gasteiger partial charge on any atom is 0.305 e. The van der Waals surface area contributed by atoms with Crippen LogP contribution in [0.3, 0.4) is 0 Å². The summed E-state index contributed by atoms with van der Waals surface area (Å²) < 4.78 is 26.2.